The second-order valence-corrected chi connectivity index (χ2v) is 15.5. The predicted octanol–water partition coefficient (Wildman–Crippen LogP) is 6.60. The van der Waals surface area contributed by atoms with Crippen LogP contribution in [0.2, 0.25) is 0 Å². The van der Waals surface area contributed by atoms with Crippen molar-refractivity contribution in [2.45, 2.75) is 90.8 Å². The zero-order chi connectivity index (χ0) is 36.9. The number of carbonyl (C=O) groups excluding carboxylic acids is 3. The molecule has 1 aliphatic carbocycles. The van der Waals surface area contributed by atoms with Crippen LogP contribution in [0.1, 0.15) is 78.6 Å². The summed E-state index contributed by atoms with van der Waals surface area (Å²) in [5.41, 5.74) is 5.19. The van der Waals surface area contributed by atoms with Crippen molar-refractivity contribution >= 4 is 50.2 Å². The number of ketones is 1. The Morgan fingerprint density at radius 2 is 1.75 bits per heavy atom. The van der Waals surface area contributed by atoms with Gasteiger partial charge in [-0.3, -0.25) is 19.1 Å². The fraction of sp³-hybridized carbons (Fsp3) is 0.400. The SMILES string of the molecule is CC(=O)c1nn2c3c(cc(-c4cnc(C)nc4)cc13)CCCCCCc1cccc(n1)OC[C@@]13C[C@@H](C(=O)Nc4nc(Br)ccc4C)N(C(=O)C2)[C@@H]1C3. The average molecular weight is 778 g/mol. The van der Waals surface area contributed by atoms with Crippen LogP contribution in [-0.2, 0) is 29.0 Å². The number of carbonyl (C=O) groups is 3. The molecule has 2 aliphatic heterocycles. The van der Waals surface area contributed by atoms with Crippen LogP contribution in [0, 0.1) is 19.3 Å². The summed E-state index contributed by atoms with van der Waals surface area (Å²) in [7, 11) is 0. The van der Waals surface area contributed by atoms with Gasteiger partial charge in [0, 0.05) is 53.5 Å². The summed E-state index contributed by atoms with van der Waals surface area (Å²) >= 11 is 3.41. The van der Waals surface area contributed by atoms with Crippen LogP contribution in [0.5, 0.6) is 5.88 Å². The number of amides is 2. The molecule has 1 saturated heterocycles. The summed E-state index contributed by atoms with van der Waals surface area (Å²) in [6, 6.07) is 12.7. The van der Waals surface area contributed by atoms with E-state index < -0.39 is 11.5 Å². The molecule has 0 spiro atoms. The van der Waals surface area contributed by atoms with Crippen molar-refractivity contribution in [1.29, 1.82) is 0 Å². The van der Waals surface area contributed by atoms with E-state index in [-0.39, 0.29) is 30.2 Å². The number of fused-ring (bicyclic) bond motifs is 2. The Kier molecular flexibility index (Phi) is 9.30. The smallest absolute Gasteiger partial charge is 0.248 e. The van der Waals surface area contributed by atoms with Gasteiger partial charge in [-0.1, -0.05) is 25.0 Å². The largest absolute Gasteiger partial charge is 0.477 e. The molecule has 3 aliphatic rings. The third-order valence-corrected chi connectivity index (χ3v) is 11.3. The lowest BCUT2D eigenvalue weighted by Crippen LogP contribution is -2.47. The van der Waals surface area contributed by atoms with Gasteiger partial charge in [0.25, 0.3) is 0 Å². The van der Waals surface area contributed by atoms with Gasteiger partial charge in [-0.15, -0.1) is 0 Å². The molecule has 0 radical (unpaired) electrons. The zero-order valence-electron chi connectivity index (χ0n) is 30.1. The number of rotatable bonds is 4. The normalized spacial score (nSPS) is 21.6. The maximum Gasteiger partial charge on any atom is 0.248 e. The van der Waals surface area contributed by atoms with Crippen LogP contribution < -0.4 is 10.1 Å². The average Bonchev–Trinajstić information content (AvgIpc) is 3.55. The Labute approximate surface area is 315 Å². The second kappa shape index (κ2) is 14.1. The molecule has 0 unspecified atom stereocenters. The Hall–Kier alpha value is -5.04. The molecule has 1 N–H and O–H groups in total. The molecule has 1 aromatic carbocycles. The van der Waals surface area contributed by atoms with Gasteiger partial charge < -0.3 is 15.0 Å². The van der Waals surface area contributed by atoms with Gasteiger partial charge in [0.05, 0.1) is 12.1 Å². The molecule has 272 valence electrons. The maximum absolute atomic E-state index is 14.6. The summed E-state index contributed by atoms with van der Waals surface area (Å²) in [6.07, 6.45) is 10.3. The van der Waals surface area contributed by atoms with Crippen LogP contribution in [-0.4, -0.2) is 70.9 Å². The molecule has 4 aromatic heterocycles. The molecule has 1 saturated carbocycles. The van der Waals surface area contributed by atoms with E-state index >= 15 is 0 Å². The molecular formula is C40H41BrN8O4. The van der Waals surface area contributed by atoms with Crippen LogP contribution in [0.25, 0.3) is 22.0 Å². The minimum Gasteiger partial charge on any atom is -0.477 e. The topological polar surface area (TPSA) is 145 Å². The Bertz CT molecular complexity index is 2260. The number of pyridine rings is 2. The summed E-state index contributed by atoms with van der Waals surface area (Å²) < 4.78 is 8.59. The number of hydrogen-bond donors (Lipinski definition) is 1. The number of halogens is 1. The second-order valence-electron chi connectivity index (χ2n) is 14.7. The highest BCUT2D eigenvalue weighted by atomic mass is 79.9. The molecule has 5 aromatic rings. The first-order chi connectivity index (χ1) is 25.6. The number of benzene rings is 1. The number of nitrogens with zero attached hydrogens (tertiary/aromatic N) is 7. The Morgan fingerprint density at radius 1 is 0.962 bits per heavy atom. The third-order valence-electron chi connectivity index (χ3n) is 10.9. The molecule has 2 fully saturated rings. The lowest BCUT2D eigenvalue weighted by atomic mass is 9.96. The lowest BCUT2D eigenvalue weighted by Gasteiger charge is -2.27. The van der Waals surface area contributed by atoms with E-state index in [1.165, 1.54) is 6.92 Å². The summed E-state index contributed by atoms with van der Waals surface area (Å²) in [5.74, 6) is 0.930. The standard InChI is InChI=1S/C40H41BrN8O4/c1-23-13-14-33(41)45-38(23)46-39(52)31-17-40-18-32(40)49(31)35(51)21-48-37-26(9-6-4-5-7-10-29-11-8-12-34(44-29)53-22-40)15-27(28-19-42-25(3)43-20-28)16-30(37)36(47-48)24(2)50/h8,11-16,19-20,31-32H,4-7,9-10,17-18,21-22H2,1-3H3,(H,45,46,52)/t31-,32+,40-/m0/s1. The van der Waals surface area contributed by atoms with Gasteiger partial charge in [-0.25, -0.2) is 19.9 Å². The number of Topliss-reactive ketones (excluding diaryl/α,β-unsaturated/α-hetero) is 1. The number of piperidine rings is 1. The van der Waals surface area contributed by atoms with Gasteiger partial charge in [-0.2, -0.15) is 5.10 Å². The van der Waals surface area contributed by atoms with Gasteiger partial charge >= 0.3 is 0 Å². The quantitative estimate of drug-likeness (QED) is 0.158. The molecule has 12 nitrogen and oxygen atoms in total. The highest BCUT2D eigenvalue weighted by Gasteiger charge is 2.67. The number of aryl methyl sites for hydroxylation is 4. The van der Waals surface area contributed by atoms with Gasteiger partial charge in [-0.05, 0) is 109 Å². The molecule has 4 bridgehead atoms. The first-order valence-electron chi connectivity index (χ1n) is 18.3. The highest BCUT2D eigenvalue weighted by molar-refractivity contribution is 9.10. The van der Waals surface area contributed by atoms with E-state index in [2.05, 4.69) is 42.3 Å². The first-order valence-corrected chi connectivity index (χ1v) is 19.1. The van der Waals surface area contributed by atoms with Gasteiger partial charge in [0.1, 0.15) is 34.5 Å². The van der Waals surface area contributed by atoms with Crippen molar-refractivity contribution < 1.29 is 19.1 Å². The predicted molar refractivity (Wildman–Crippen MR) is 203 cm³/mol. The number of ether oxygens (including phenoxy) is 1. The number of anilines is 1. The molecular weight excluding hydrogens is 736 g/mol. The fourth-order valence-corrected chi connectivity index (χ4v) is 8.32. The summed E-state index contributed by atoms with van der Waals surface area (Å²) in [5, 5.41) is 8.48. The van der Waals surface area contributed by atoms with E-state index in [9.17, 15) is 14.4 Å². The van der Waals surface area contributed by atoms with E-state index in [0.717, 1.165) is 72.0 Å². The molecule has 13 heteroatoms. The van der Waals surface area contributed by atoms with Crippen molar-refractivity contribution in [3.05, 3.63) is 87.8 Å². The molecule has 8 rings (SSSR count). The van der Waals surface area contributed by atoms with Crippen molar-refractivity contribution in [2.75, 3.05) is 11.9 Å². The lowest BCUT2D eigenvalue weighted by molar-refractivity contribution is -0.138. The van der Waals surface area contributed by atoms with Crippen LogP contribution >= 0.6 is 15.9 Å². The van der Waals surface area contributed by atoms with E-state index in [0.29, 0.717) is 52.7 Å². The summed E-state index contributed by atoms with van der Waals surface area (Å²) in [4.78, 5) is 61.7. The Morgan fingerprint density at radius 3 is 2.55 bits per heavy atom. The monoisotopic (exact) mass is 776 g/mol. The zero-order valence-corrected chi connectivity index (χ0v) is 31.6. The van der Waals surface area contributed by atoms with Gasteiger partial charge in [0.15, 0.2) is 5.78 Å². The number of hydrogen-bond acceptors (Lipinski definition) is 9. The maximum atomic E-state index is 14.6. The van der Waals surface area contributed by atoms with Gasteiger partial charge in [0.2, 0.25) is 17.7 Å². The van der Waals surface area contributed by atoms with E-state index in [1.54, 1.807) is 22.0 Å². The van der Waals surface area contributed by atoms with Crippen molar-refractivity contribution in [1.82, 2.24) is 34.6 Å². The third kappa shape index (κ3) is 6.94. The molecule has 53 heavy (non-hydrogen) atoms. The fourth-order valence-electron chi connectivity index (χ4n) is 8.01. The first kappa shape index (κ1) is 35.0. The number of aromatic nitrogens is 6. The molecule has 2 amide bonds. The van der Waals surface area contributed by atoms with Crippen molar-refractivity contribution in [2.24, 2.45) is 5.41 Å². The molecule has 3 atom stereocenters. The Balaban J connectivity index is 1.20. The highest BCUT2D eigenvalue weighted by Crippen LogP contribution is 2.60. The number of nitrogens with one attached hydrogen (secondary N) is 1. The summed E-state index contributed by atoms with van der Waals surface area (Å²) in [6.45, 7) is 5.44. The van der Waals surface area contributed by atoms with E-state index in [4.69, 9.17) is 14.8 Å². The minimum atomic E-state index is -0.753. The van der Waals surface area contributed by atoms with E-state index in [1.807, 2.05) is 50.2 Å². The van der Waals surface area contributed by atoms with Crippen LogP contribution in [0.3, 0.4) is 0 Å². The van der Waals surface area contributed by atoms with Crippen LogP contribution in [0.15, 0.2) is 59.5 Å². The van der Waals surface area contributed by atoms with Crippen molar-refractivity contribution in [3.8, 4) is 17.0 Å². The van der Waals surface area contributed by atoms with Crippen LogP contribution in [0.4, 0.5) is 5.82 Å². The minimum absolute atomic E-state index is 0.126. The molecule has 6 heterocycles. The van der Waals surface area contributed by atoms with Crippen molar-refractivity contribution in [3.63, 3.8) is 0 Å².